The van der Waals surface area contributed by atoms with Gasteiger partial charge in [0, 0.05) is 31.0 Å². The maximum Gasteiger partial charge on any atom is 0.233 e. The molecule has 1 aliphatic heterocycles. The highest BCUT2D eigenvalue weighted by molar-refractivity contribution is 7.99. The van der Waals surface area contributed by atoms with E-state index in [4.69, 9.17) is 0 Å². The van der Waals surface area contributed by atoms with Crippen LogP contribution < -0.4 is 0 Å². The molecule has 1 aliphatic rings. The van der Waals surface area contributed by atoms with Crippen LogP contribution in [0.15, 0.2) is 16.4 Å². The minimum atomic E-state index is 0.192. The number of thioether (sulfide) groups is 2. The average Bonchev–Trinajstić information content (AvgIpc) is 3.26. The number of hydrogen-bond donors (Lipinski definition) is 0. The fourth-order valence-corrected chi connectivity index (χ4v) is 4.73. The lowest BCUT2D eigenvalue weighted by Crippen LogP contribution is -2.29. The third-order valence-electron chi connectivity index (χ3n) is 4.19. The Bertz CT molecular complexity index is 752. The summed E-state index contributed by atoms with van der Waals surface area (Å²) < 4.78 is 2.07. The molecule has 3 heterocycles. The maximum atomic E-state index is 12.2. The van der Waals surface area contributed by atoms with Crippen LogP contribution >= 0.6 is 23.5 Å². The molecule has 0 atom stereocenters. The largest absolute Gasteiger partial charge is 0.342 e. The number of nitrogens with zero attached hydrogens (tertiary/aromatic N) is 6. The van der Waals surface area contributed by atoms with Crippen molar-refractivity contribution in [2.75, 3.05) is 18.8 Å². The molecule has 9 heteroatoms. The number of aryl methyl sites for hydroxylation is 2. The highest BCUT2D eigenvalue weighted by Gasteiger charge is 2.20. The Morgan fingerprint density at radius 3 is 2.46 bits per heavy atom. The van der Waals surface area contributed by atoms with Crippen LogP contribution in [0.4, 0.5) is 0 Å². The van der Waals surface area contributed by atoms with Gasteiger partial charge in [-0.3, -0.25) is 4.79 Å². The van der Waals surface area contributed by atoms with Crippen molar-refractivity contribution in [1.29, 1.82) is 0 Å². The Kier molecular flexibility index (Phi) is 6.53. The highest BCUT2D eigenvalue weighted by atomic mass is 32.2. The van der Waals surface area contributed by atoms with E-state index >= 15 is 0 Å². The first-order chi connectivity index (χ1) is 12.6. The molecule has 0 saturated carbocycles. The van der Waals surface area contributed by atoms with E-state index in [1.54, 1.807) is 11.8 Å². The van der Waals surface area contributed by atoms with E-state index in [9.17, 15) is 4.79 Å². The Morgan fingerprint density at radius 1 is 1.12 bits per heavy atom. The number of aromatic nitrogens is 5. The minimum absolute atomic E-state index is 0.192. The second-order valence-corrected chi connectivity index (χ2v) is 8.13. The van der Waals surface area contributed by atoms with Crippen molar-refractivity contribution in [2.45, 2.75) is 56.2 Å². The van der Waals surface area contributed by atoms with Gasteiger partial charge in [0.25, 0.3) is 0 Å². The summed E-state index contributed by atoms with van der Waals surface area (Å²) in [7, 11) is 0. The fourth-order valence-electron chi connectivity index (χ4n) is 2.92. The van der Waals surface area contributed by atoms with E-state index in [2.05, 4.69) is 31.7 Å². The third-order valence-corrected chi connectivity index (χ3v) is 5.98. The molecule has 1 amide bonds. The third kappa shape index (κ3) is 4.76. The van der Waals surface area contributed by atoms with Crippen LogP contribution in [0.2, 0.25) is 0 Å². The number of carbonyl (C=O) groups is 1. The predicted octanol–water partition coefficient (Wildman–Crippen LogP) is 2.71. The smallest absolute Gasteiger partial charge is 0.233 e. The molecular weight excluding hydrogens is 368 g/mol. The molecule has 0 unspecified atom stereocenters. The Balaban J connectivity index is 1.61. The fraction of sp³-hybridized carbons (Fsp3) is 0.588. The summed E-state index contributed by atoms with van der Waals surface area (Å²) in [6.45, 7) is 8.56. The van der Waals surface area contributed by atoms with Gasteiger partial charge in [-0.05, 0) is 39.7 Å². The van der Waals surface area contributed by atoms with Crippen LogP contribution in [-0.2, 0) is 17.1 Å². The van der Waals surface area contributed by atoms with E-state index in [-0.39, 0.29) is 5.91 Å². The van der Waals surface area contributed by atoms with Crippen LogP contribution in [0.3, 0.4) is 0 Å². The van der Waals surface area contributed by atoms with Gasteiger partial charge in [-0.25, -0.2) is 9.97 Å². The van der Waals surface area contributed by atoms with Crippen LogP contribution in [0.1, 0.15) is 37.0 Å². The van der Waals surface area contributed by atoms with Crippen molar-refractivity contribution < 1.29 is 4.79 Å². The monoisotopic (exact) mass is 392 g/mol. The van der Waals surface area contributed by atoms with E-state index < -0.39 is 0 Å². The van der Waals surface area contributed by atoms with Crippen LogP contribution in [0.5, 0.6) is 0 Å². The van der Waals surface area contributed by atoms with Gasteiger partial charge in [0.05, 0.1) is 11.5 Å². The summed E-state index contributed by atoms with van der Waals surface area (Å²) in [4.78, 5) is 23.1. The molecule has 2 aromatic heterocycles. The summed E-state index contributed by atoms with van der Waals surface area (Å²) in [6.07, 6.45) is 2.23. The zero-order valence-electron chi connectivity index (χ0n) is 15.4. The van der Waals surface area contributed by atoms with Crippen LogP contribution in [0.25, 0.3) is 0 Å². The van der Waals surface area contributed by atoms with Crippen molar-refractivity contribution in [3.05, 3.63) is 23.3 Å². The van der Waals surface area contributed by atoms with Crippen LogP contribution in [0, 0.1) is 13.8 Å². The second-order valence-electron chi connectivity index (χ2n) is 6.24. The van der Waals surface area contributed by atoms with E-state index in [1.165, 1.54) is 11.8 Å². The topological polar surface area (TPSA) is 76.8 Å². The zero-order valence-corrected chi connectivity index (χ0v) is 17.1. The number of likely N-dealkylation sites (tertiary alicyclic amines) is 1. The lowest BCUT2D eigenvalue weighted by Gasteiger charge is -2.14. The van der Waals surface area contributed by atoms with E-state index in [0.29, 0.717) is 11.5 Å². The van der Waals surface area contributed by atoms with Gasteiger partial charge in [0.15, 0.2) is 10.3 Å². The number of amides is 1. The first-order valence-corrected chi connectivity index (χ1v) is 10.8. The molecule has 3 rings (SSSR count). The summed E-state index contributed by atoms with van der Waals surface area (Å²) in [6, 6.07) is 1.96. The van der Waals surface area contributed by atoms with Crippen molar-refractivity contribution >= 4 is 29.4 Å². The van der Waals surface area contributed by atoms with Gasteiger partial charge in [-0.1, -0.05) is 23.5 Å². The molecular formula is C17H24N6OS2. The van der Waals surface area contributed by atoms with E-state index in [1.807, 2.05) is 24.8 Å². The quantitative estimate of drug-likeness (QED) is 0.529. The molecule has 7 nitrogen and oxygen atoms in total. The predicted molar refractivity (Wildman–Crippen MR) is 103 cm³/mol. The Labute approximate surface area is 162 Å². The molecule has 26 heavy (non-hydrogen) atoms. The standard InChI is InChI=1S/C17H24N6OS2/c1-4-23-14(10-25-16-18-12(2)9-13(3)19-16)20-21-17(23)26-11-15(24)22-7-5-6-8-22/h9H,4-8,10-11H2,1-3H3. The molecule has 0 aliphatic carbocycles. The first kappa shape index (κ1) is 19.2. The number of carbonyl (C=O) groups excluding carboxylic acids is 1. The summed E-state index contributed by atoms with van der Waals surface area (Å²) in [5.74, 6) is 2.16. The van der Waals surface area contributed by atoms with Crippen LogP contribution in [-0.4, -0.2) is 54.4 Å². The second kappa shape index (κ2) is 8.85. The van der Waals surface area contributed by atoms with Crippen molar-refractivity contribution in [3.63, 3.8) is 0 Å². The van der Waals surface area contributed by atoms with Gasteiger partial charge >= 0.3 is 0 Å². The first-order valence-electron chi connectivity index (χ1n) is 8.84. The molecule has 0 aromatic carbocycles. The Hall–Kier alpha value is -1.61. The molecule has 0 radical (unpaired) electrons. The summed E-state index contributed by atoms with van der Waals surface area (Å²) in [5, 5.41) is 10.2. The van der Waals surface area contributed by atoms with Crippen molar-refractivity contribution in [1.82, 2.24) is 29.6 Å². The highest BCUT2D eigenvalue weighted by Crippen LogP contribution is 2.23. The van der Waals surface area contributed by atoms with Crippen molar-refractivity contribution in [2.24, 2.45) is 0 Å². The Morgan fingerprint density at radius 2 is 1.81 bits per heavy atom. The SMILES string of the molecule is CCn1c(CSc2nc(C)cc(C)n2)nnc1SCC(=O)N1CCCC1. The van der Waals surface area contributed by atoms with Gasteiger partial charge in [0.2, 0.25) is 5.91 Å². The summed E-state index contributed by atoms with van der Waals surface area (Å²) in [5.41, 5.74) is 1.93. The molecule has 1 saturated heterocycles. The number of rotatable bonds is 7. The summed E-state index contributed by atoms with van der Waals surface area (Å²) >= 11 is 3.03. The lowest BCUT2D eigenvalue weighted by atomic mass is 10.4. The van der Waals surface area contributed by atoms with Gasteiger partial charge in [-0.2, -0.15) is 0 Å². The van der Waals surface area contributed by atoms with Gasteiger partial charge in [0.1, 0.15) is 5.82 Å². The molecule has 0 N–H and O–H groups in total. The molecule has 0 spiro atoms. The normalized spacial score (nSPS) is 14.2. The van der Waals surface area contributed by atoms with Gasteiger partial charge in [-0.15, -0.1) is 10.2 Å². The zero-order chi connectivity index (χ0) is 18.5. The maximum absolute atomic E-state index is 12.2. The average molecular weight is 393 g/mol. The molecule has 0 bridgehead atoms. The molecule has 1 fully saturated rings. The molecule has 2 aromatic rings. The number of hydrogen-bond acceptors (Lipinski definition) is 7. The van der Waals surface area contributed by atoms with Crippen molar-refractivity contribution in [3.8, 4) is 0 Å². The van der Waals surface area contributed by atoms with Gasteiger partial charge < -0.3 is 9.47 Å². The lowest BCUT2D eigenvalue weighted by molar-refractivity contribution is -0.127. The minimum Gasteiger partial charge on any atom is -0.342 e. The molecule has 140 valence electrons. The van der Waals surface area contributed by atoms with E-state index in [0.717, 1.165) is 60.0 Å².